The van der Waals surface area contributed by atoms with Crippen LogP contribution in [0.25, 0.3) is 0 Å². The summed E-state index contributed by atoms with van der Waals surface area (Å²) < 4.78 is 5.27. The van der Waals surface area contributed by atoms with Gasteiger partial charge in [0.25, 0.3) is 0 Å². The van der Waals surface area contributed by atoms with Crippen molar-refractivity contribution in [2.24, 2.45) is 0 Å². The van der Waals surface area contributed by atoms with Crippen molar-refractivity contribution in [2.75, 3.05) is 27.2 Å². The molecule has 0 radical (unpaired) electrons. The molecule has 1 atom stereocenters. The van der Waals surface area contributed by atoms with E-state index in [9.17, 15) is 0 Å². The molecule has 98 valence electrons. The van der Waals surface area contributed by atoms with E-state index in [2.05, 4.69) is 37.3 Å². The topological polar surface area (TPSA) is 48.3 Å². The summed E-state index contributed by atoms with van der Waals surface area (Å²) >= 11 is 0. The van der Waals surface area contributed by atoms with E-state index >= 15 is 0 Å². The van der Waals surface area contributed by atoms with Gasteiger partial charge in [0.2, 0.25) is 0 Å². The number of ether oxygens (including phenoxy) is 1. The van der Waals surface area contributed by atoms with Gasteiger partial charge in [0.15, 0.2) is 6.61 Å². The predicted octanol–water partition coefficient (Wildman–Crippen LogP) is 1.63. The molecule has 1 aromatic rings. The number of benzene rings is 1. The molecule has 4 nitrogen and oxygen atoms in total. The minimum absolute atomic E-state index is 0.0912. The Bertz CT molecular complexity index is 398. The van der Waals surface area contributed by atoms with Crippen molar-refractivity contribution in [3.8, 4) is 11.8 Å². The molecule has 1 aromatic carbocycles. The molecule has 0 fully saturated rings. The van der Waals surface area contributed by atoms with Gasteiger partial charge in [-0.05, 0) is 38.7 Å². The zero-order valence-corrected chi connectivity index (χ0v) is 11.3. The number of hydrogen-bond acceptors (Lipinski definition) is 4. The summed E-state index contributed by atoms with van der Waals surface area (Å²) in [6, 6.07) is 10.2. The van der Waals surface area contributed by atoms with Crippen LogP contribution in [0.3, 0.4) is 0 Å². The lowest BCUT2D eigenvalue weighted by molar-refractivity contribution is 0.348. The average Bonchev–Trinajstić information content (AvgIpc) is 2.33. The van der Waals surface area contributed by atoms with Gasteiger partial charge in [-0.25, -0.2) is 0 Å². The summed E-state index contributed by atoms with van der Waals surface area (Å²) in [6.45, 7) is 4.06. The first-order valence-corrected chi connectivity index (χ1v) is 6.08. The van der Waals surface area contributed by atoms with Crippen molar-refractivity contribution in [3.63, 3.8) is 0 Å². The van der Waals surface area contributed by atoms with Crippen LogP contribution in [0, 0.1) is 11.3 Å². The number of nitrogens with zero attached hydrogens (tertiary/aromatic N) is 2. The number of likely N-dealkylation sites (N-methyl/N-ethyl adjacent to an activating group) is 1. The Balaban J connectivity index is 2.44. The third-order valence-corrected chi connectivity index (χ3v) is 2.50. The Morgan fingerprint density at radius 3 is 2.89 bits per heavy atom. The highest BCUT2D eigenvalue weighted by Crippen LogP contribution is 2.13. The molecule has 18 heavy (non-hydrogen) atoms. The van der Waals surface area contributed by atoms with Crippen LogP contribution in [0.2, 0.25) is 0 Å². The molecule has 0 aliphatic carbocycles. The molecule has 1 unspecified atom stereocenters. The summed E-state index contributed by atoms with van der Waals surface area (Å²) in [7, 11) is 4.13. The fourth-order valence-corrected chi connectivity index (χ4v) is 1.77. The van der Waals surface area contributed by atoms with Crippen LogP contribution in [0.5, 0.6) is 5.75 Å². The maximum atomic E-state index is 8.46. The molecule has 0 amide bonds. The molecule has 0 spiro atoms. The Kier molecular flexibility index (Phi) is 6.20. The van der Waals surface area contributed by atoms with Gasteiger partial charge in [0, 0.05) is 19.1 Å². The van der Waals surface area contributed by atoms with Crippen LogP contribution >= 0.6 is 0 Å². The zero-order valence-electron chi connectivity index (χ0n) is 11.3. The number of hydrogen-bond donors (Lipinski definition) is 1. The molecular formula is C14H21N3O. The molecular weight excluding hydrogens is 226 g/mol. The molecule has 0 aromatic heterocycles. The molecule has 1 N–H and O–H groups in total. The van der Waals surface area contributed by atoms with Crippen molar-refractivity contribution in [1.82, 2.24) is 10.2 Å². The molecule has 0 heterocycles. The molecule has 0 saturated carbocycles. The Labute approximate surface area is 109 Å². The van der Waals surface area contributed by atoms with Gasteiger partial charge >= 0.3 is 0 Å². The SMILES string of the molecule is CC(CN(C)C)NCc1cccc(OCC#N)c1. The van der Waals surface area contributed by atoms with E-state index in [1.807, 2.05) is 24.3 Å². The highest BCUT2D eigenvalue weighted by atomic mass is 16.5. The van der Waals surface area contributed by atoms with Crippen molar-refractivity contribution < 1.29 is 4.74 Å². The van der Waals surface area contributed by atoms with E-state index in [-0.39, 0.29) is 6.61 Å². The molecule has 0 saturated heterocycles. The second-order valence-corrected chi connectivity index (χ2v) is 4.64. The van der Waals surface area contributed by atoms with E-state index in [1.165, 1.54) is 0 Å². The van der Waals surface area contributed by atoms with Crippen LogP contribution < -0.4 is 10.1 Å². The van der Waals surface area contributed by atoms with E-state index in [0.29, 0.717) is 6.04 Å². The largest absolute Gasteiger partial charge is 0.479 e. The molecule has 0 aliphatic heterocycles. The highest BCUT2D eigenvalue weighted by molar-refractivity contribution is 5.28. The van der Waals surface area contributed by atoms with Gasteiger partial charge in [-0.2, -0.15) is 5.26 Å². The number of nitrogens with one attached hydrogen (secondary N) is 1. The number of nitriles is 1. The highest BCUT2D eigenvalue weighted by Gasteiger charge is 2.03. The first-order valence-electron chi connectivity index (χ1n) is 6.08. The fourth-order valence-electron chi connectivity index (χ4n) is 1.77. The minimum atomic E-state index is 0.0912. The number of rotatable bonds is 7. The summed E-state index contributed by atoms with van der Waals surface area (Å²) in [5.74, 6) is 0.746. The summed E-state index contributed by atoms with van der Waals surface area (Å²) in [5, 5.41) is 11.9. The predicted molar refractivity (Wildman–Crippen MR) is 72.4 cm³/mol. The van der Waals surface area contributed by atoms with Crippen LogP contribution in [0.1, 0.15) is 12.5 Å². The Hall–Kier alpha value is -1.57. The van der Waals surface area contributed by atoms with Gasteiger partial charge < -0.3 is 15.0 Å². The van der Waals surface area contributed by atoms with Gasteiger partial charge in [0.05, 0.1) is 0 Å². The normalized spacial score (nSPS) is 12.2. The van der Waals surface area contributed by atoms with Gasteiger partial charge in [0.1, 0.15) is 11.8 Å². The van der Waals surface area contributed by atoms with Gasteiger partial charge in [-0.1, -0.05) is 12.1 Å². The van der Waals surface area contributed by atoms with E-state index in [1.54, 1.807) is 0 Å². The lowest BCUT2D eigenvalue weighted by Crippen LogP contribution is -2.35. The fraction of sp³-hybridized carbons (Fsp3) is 0.500. The Morgan fingerprint density at radius 1 is 1.44 bits per heavy atom. The first-order chi connectivity index (χ1) is 8.61. The van der Waals surface area contributed by atoms with Crippen LogP contribution in [-0.4, -0.2) is 38.2 Å². The average molecular weight is 247 g/mol. The second kappa shape index (κ2) is 7.70. The van der Waals surface area contributed by atoms with E-state index in [0.717, 1.165) is 24.4 Å². The van der Waals surface area contributed by atoms with Gasteiger partial charge in [-0.15, -0.1) is 0 Å². The van der Waals surface area contributed by atoms with Gasteiger partial charge in [-0.3, -0.25) is 0 Å². The monoisotopic (exact) mass is 247 g/mol. The maximum absolute atomic E-state index is 8.46. The molecule has 4 heteroatoms. The molecule has 0 bridgehead atoms. The van der Waals surface area contributed by atoms with Crippen molar-refractivity contribution in [3.05, 3.63) is 29.8 Å². The molecule has 1 rings (SSSR count). The second-order valence-electron chi connectivity index (χ2n) is 4.64. The van der Waals surface area contributed by atoms with E-state index in [4.69, 9.17) is 10.00 Å². The van der Waals surface area contributed by atoms with E-state index < -0.39 is 0 Å². The maximum Gasteiger partial charge on any atom is 0.174 e. The standard InChI is InChI=1S/C14H21N3O/c1-12(11-17(2)3)16-10-13-5-4-6-14(9-13)18-8-7-15/h4-6,9,12,16H,8,10-11H2,1-3H3. The first kappa shape index (κ1) is 14.5. The Morgan fingerprint density at radius 2 is 2.22 bits per heavy atom. The van der Waals surface area contributed by atoms with Crippen LogP contribution in [-0.2, 0) is 6.54 Å². The third kappa shape index (κ3) is 5.67. The quantitative estimate of drug-likeness (QED) is 0.795. The smallest absolute Gasteiger partial charge is 0.174 e. The molecule has 0 aliphatic rings. The van der Waals surface area contributed by atoms with Crippen molar-refractivity contribution in [2.45, 2.75) is 19.5 Å². The lowest BCUT2D eigenvalue weighted by atomic mass is 10.2. The summed E-state index contributed by atoms with van der Waals surface area (Å²) in [4.78, 5) is 2.16. The van der Waals surface area contributed by atoms with Crippen molar-refractivity contribution >= 4 is 0 Å². The minimum Gasteiger partial charge on any atom is -0.479 e. The summed E-state index contributed by atoms with van der Waals surface area (Å²) in [5.41, 5.74) is 1.16. The zero-order chi connectivity index (χ0) is 13.4. The van der Waals surface area contributed by atoms with Crippen LogP contribution in [0.15, 0.2) is 24.3 Å². The van der Waals surface area contributed by atoms with Crippen LogP contribution in [0.4, 0.5) is 0 Å². The third-order valence-electron chi connectivity index (χ3n) is 2.50. The van der Waals surface area contributed by atoms with Crippen molar-refractivity contribution in [1.29, 1.82) is 5.26 Å². The lowest BCUT2D eigenvalue weighted by Gasteiger charge is -2.18. The summed E-state index contributed by atoms with van der Waals surface area (Å²) in [6.07, 6.45) is 0.